The minimum Gasteiger partial charge on any atom is -0.368 e. The minimum atomic E-state index is -0.608. The molecule has 47 heavy (non-hydrogen) atoms. The highest BCUT2D eigenvalue weighted by molar-refractivity contribution is 6.30. The number of carbonyl (C=O) groups is 3. The Balaban J connectivity index is 1.30. The molecule has 3 amide bonds. The molecule has 4 heterocycles. The van der Waals surface area contributed by atoms with Gasteiger partial charge >= 0.3 is 0 Å². The largest absolute Gasteiger partial charge is 0.368 e. The van der Waals surface area contributed by atoms with E-state index >= 15 is 0 Å². The van der Waals surface area contributed by atoms with Crippen LogP contribution >= 0.6 is 11.6 Å². The fourth-order valence-corrected chi connectivity index (χ4v) is 8.88. The molecule has 1 unspecified atom stereocenters. The van der Waals surface area contributed by atoms with Gasteiger partial charge in [-0.15, -0.1) is 0 Å². The summed E-state index contributed by atoms with van der Waals surface area (Å²) in [6.45, 7) is 10.1. The van der Waals surface area contributed by atoms with Gasteiger partial charge in [0, 0.05) is 63.4 Å². The molecule has 5 aliphatic rings. The first-order valence-corrected chi connectivity index (χ1v) is 18.5. The Hall–Kier alpha value is -2.20. The van der Waals surface area contributed by atoms with Gasteiger partial charge in [-0.3, -0.25) is 19.3 Å². The van der Waals surface area contributed by atoms with E-state index in [1.165, 1.54) is 0 Å². The zero-order chi connectivity index (χ0) is 33.3. The second-order valence-electron chi connectivity index (χ2n) is 15.4. The number of nitrogens with zero attached hydrogens (tertiary/aromatic N) is 4. The second kappa shape index (κ2) is 14.7. The monoisotopic (exact) mass is 670 g/mol. The van der Waals surface area contributed by atoms with Crippen LogP contribution in [0.15, 0.2) is 24.3 Å². The van der Waals surface area contributed by atoms with E-state index in [4.69, 9.17) is 21.1 Å². The molecular formula is C37H55ClN4O5. The Labute approximate surface area is 286 Å². The van der Waals surface area contributed by atoms with E-state index in [1.54, 1.807) is 4.90 Å². The van der Waals surface area contributed by atoms with Crippen molar-refractivity contribution in [2.45, 2.75) is 121 Å². The molecule has 6 atom stereocenters. The number of carbonyl (C=O) groups excluding carboxylic acids is 3. The van der Waals surface area contributed by atoms with E-state index in [9.17, 15) is 14.4 Å². The molecular weight excluding hydrogens is 616 g/mol. The molecule has 1 aliphatic carbocycles. The summed E-state index contributed by atoms with van der Waals surface area (Å²) in [6, 6.07) is 7.11. The number of rotatable bonds is 8. The smallest absolute Gasteiger partial charge is 0.252 e. The van der Waals surface area contributed by atoms with Crippen LogP contribution in [0.5, 0.6) is 0 Å². The van der Waals surface area contributed by atoms with E-state index in [0.29, 0.717) is 37.7 Å². The first-order valence-electron chi connectivity index (χ1n) is 18.2. The summed E-state index contributed by atoms with van der Waals surface area (Å²) < 4.78 is 12.1. The molecule has 1 aromatic carbocycles. The highest BCUT2D eigenvalue weighted by Crippen LogP contribution is 2.42. The highest BCUT2D eigenvalue weighted by Gasteiger charge is 2.51. The Bertz CT molecular complexity index is 1250. The Morgan fingerprint density at radius 1 is 0.894 bits per heavy atom. The van der Waals surface area contributed by atoms with Gasteiger partial charge in [-0.1, -0.05) is 37.6 Å². The van der Waals surface area contributed by atoms with Crippen LogP contribution in [-0.4, -0.2) is 114 Å². The molecule has 4 saturated heterocycles. The molecule has 0 N–H and O–H groups in total. The van der Waals surface area contributed by atoms with Crippen molar-refractivity contribution in [3.05, 3.63) is 34.9 Å². The van der Waals surface area contributed by atoms with Crippen molar-refractivity contribution in [1.29, 1.82) is 0 Å². The molecule has 1 aromatic rings. The van der Waals surface area contributed by atoms with Crippen molar-refractivity contribution >= 4 is 29.3 Å². The maximum atomic E-state index is 14.9. The number of benzene rings is 1. The molecule has 5 fully saturated rings. The standard InChI is InChI=1S/C37H55ClN4O5/c1-5-39(4)35(44)31-21-28(42(36(45)32-9-8-20-46-32)27-15-17-37(2,3)18-16-27)22-41(31)34(43)30-24-40(33-10-6-7-19-47-33)23-29(30)25-11-13-26(38)14-12-25/h11-14,27-33H,5-10,15-24H2,1-4H3/t28-,29-,30+,31-,32-,33?/m0/s1. The van der Waals surface area contributed by atoms with Crippen molar-refractivity contribution in [2.75, 3.05) is 46.4 Å². The summed E-state index contributed by atoms with van der Waals surface area (Å²) in [7, 11) is 1.81. The van der Waals surface area contributed by atoms with Gasteiger partial charge in [-0.25, -0.2) is 0 Å². The number of hydrogen-bond acceptors (Lipinski definition) is 6. The van der Waals surface area contributed by atoms with Crippen molar-refractivity contribution in [3.63, 3.8) is 0 Å². The molecule has 0 spiro atoms. The fourth-order valence-electron chi connectivity index (χ4n) is 8.75. The molecule has 260 valence electrons. The summed E-state index contributed by atoms with van der Waals surface area (Å²) in [4.78, 5) is 51.2. The summed E-state index contributed by atoms with van der Waals surface area (Å²) in [6.07, 6.45) is 8.74. The number of hydrogen-bond donors (Lipinski definition) is 0. The molecule has 0 bridgehead atoms. The maximum absolute atomic E-state index is 14.9. The van der Waals surface area contributed by atoms with E-state index in [-0.39, 0.29) is 53.3 Å². The van der Waals surface area contributed by atoms with Crippen LogP contribution < -0.4 is 0 Å². The lowest BCUT2D eigenvalue weighted by molar-refractivity contribution is -0.148. The predicted octanol–water partition coefficient (Wildman–Crippen LogP) is 5.31. The van der Waals surface area contributed by atoms with Crippen molar-refractivity contribution in [1.82, 2.24) is 19.6 Å². The van der Waals surface area contributed by atoms with Crippen LogP contribution in [0.2, 0.25) is 5.02 Å². The van der Waals surface area contributed by atoms with E-state index in [1.807, 2.05) is 43.1 Å². The van der Waals surface area contributed by atoms with Crippen molar-refractivity contribution in [2.24, 2.45) is 11.3 Å². The van der Waals surface area contributed by atoms with Crippen LogP contribution in [0.3, 0.4) is 0 Å². The summed E-state index contributed by atoms with van der Waals surface area (Å²) in [5.74, 6) is -0.384. The molecule has 10 heteroatoms. The lowest BCUT2D eigenvalue weighted by Crippen LogP contribution is -2.53. The summed E-state index contributed by atoms with van der Waals surface area (Å²) >= 11 is 6.28. The van der Waals surface area contributed by atoms with Gasteiger partial charge in [-0.2, -0.15) is 0 Å². The molecule has 0 aromatic heterocycles. The van der Waals surface area contributed by atoms with Gasteiger partial charge in [0.05, 0.1) is 12.0 Å². The number of likely N-dealkylation sites (N-methyl/N-ethyl adjacent to an activating group) is 1. The lowest BCUT2D eigenvalue weighted by Gasteiger charge is -2.43. The van der Waals surface area contributed by atoms with Crippen LogP contribution in [0.25, 0.3) is 0 Å². The van der Waals surface area contributed by atoms with Crippen LogP contribution in [0.1, 0.15) is 96.5 Å². The van der Waals surface area contributed by atoms with E-state index < -0.39 is 12.1 Å². The summed E-state index contributed by atoms with van der Waals surface area (Å²) in [5.41, 5.74) is 1.33. The van der Waals surface area contributed by atoms with E-state index in [0.717, 1.165) is 76.5 Å². The third kappa shape index (κ3) is 7.53. The van der Waals surface area contributed by atoms with Gasteiger partial charge in [0.2, 0.25) is 11.8 Å². The predicted molar refractivity (Wildman–Crippen MR) is 182 cm³/mol. The van der Waals surface area contributed by atoms with Gasteiger partial charge < -0.3 is 24.2 Å². The first-order chi connectivity index (χ1) is 22.6. The van der Waals surface area contributed by atoms with Gasteiger partial charge in [0.1, 0.15) is 18.4 Å². The zero-order valence-electron chi connectivity index (χ0n) is 28.9. The van der Waals surface area contributed by atoms with Crippen molar-refractivity contribution in [3.8, 4) is 0 Å². The van der Waals surface area contributed by atoms with Gasteiger partial charge in [0.15, 0.2) is 0 Å². The third-order valence-corrected chi connectivity index (χ3v) is 12.0. The van der Waals surface area contributed by atoms with Crippen molar-refractivity contribution < 1.29 is 23.9 Å². The molecule has 9 nitrogen and oxygen atoms in total. The zero-order valence-corrected chi connectivity index (χ0v) is 29.6. The molecule has 0 radical (unpaired) electrons. The normalized spacial score (nSPS) is 31.6. The Morgan fingerprint density at radius 3 is 2.26 bits per heavy atom. The van der Waals surface area contributed by atoms with Crippen LogP contribution in [-0.2, 0) is 23.9 Å². The average Bonchev–Trinajstić information content (AvgIpc) is 3.86. The van der Waals surface area contributed by atoms with Crippen LogP contribution in [0, 0.1) is 11.3 Å². The fraction of sp³-hybridized carbons (Fsp3) is 0.757. The quantitative estimate of drug-likeness (QED) is 0.373. The SMILES string of the molecule is CCN(C)C(=O)[C@@H]1C[C@H](N(C(=O)[C@@H]2CCCO2)C2CCC(C)(C)CC2)CN1C(=O)[C@@H]1CN(C2CCCCO2)C[C@H]1c1ccc(Cl)cc1. The maximum Gasteiger partial charge on any atom is 0.252 e. The third-order valence-electron chi connectivity index (χ3n) is 11.8. The lowest BCUT2D eigenvalue weighted by atomic mass is 9.75. The minimum absolute atomic E-state index is 0.00130. The number of amides is 3. The average molecular weight is 671 g/mol. The van der Waals surface area contributed by atoms with E-state index in [2.05, 4.69) is 23.6 Å². The number of likely N-dealkylation sites (tertiary alicyclic amines) is 2. The Morgan fingerprint density at radius 2 is 1.62 bits per heavy atom. The Kier molecular flexibility index (Phi) is 10.9. The number of ether oxygens (including phenoxy) is 2. The van der Waals surface area contributed by atoms with Gasteiger partial charge in [-0.05, 0) is 94.2 Å². The van der Waals surface area contributed by atoms with Crippen LogP contribution in [0.4, 0.5) is 0 Å². The summed E-state index contributed by atoms with van der Waals surface area (Å²) in [5, 5.41) is 0.667. The highest BCUT2D eigenvalue weighted by atomic mass is 35.5. The topological polar surface area (TPSA) is 82.6 Å². The first kappa shape index (κ1) is 34.7. The number of halogens is 1. The second-order valence-corrected chi connectivity index (χ2v) is 15.9. The molecule has 1 saturated carbocycles. The molecule has 6 rings (SSSR count). The van der Waals surface area contributed by atoms with Gasteiger partial charge in [0.25, 0.3) is 5.91 Å². The molecule has 4 aliphatic heterocycles.